The van der Waals surface area contributed by atoms with Gasteiger partial charge in [-0.25, -0.2) is 8.42 Å². The Morgan fingerprint density at radius 2 is 1.92 bits per heavy atom. The van der Waals surface area contributed by atoms with E-state index in [9.17, 15) is 8.42 Å². The highest BCUT2D eigenvalue weighted by Gasteiger charge is 2.31. The van der Waals surface area contributed by atoms with Crippen molar-refractivity contribution in [2.24, 2.45) is 0 Å². The third kappa shape index (κ3) is 3.75. The molecule has 0 spiro atoms. The van der Waals surface area contributed by atoms with Gasteiger partial charge in [-0.3, -0.25) is 0 Å². The van der Waals surface area contributed by atoms with Crippen molar-refractivity contribution in [1.82, 2.24) is 4.31 Å². The molecule has 1 aromatic heterocycles. The molecule has 1 aliphatic heterocycles. The van der Waals surface area contributed by atoms with Crippen LogP contribution in [0.3, 0.4) is 0 Å². The lowest BCUT2D eigenvalue weighted by Crippen LogP contribution is -3.13. The average Bonchev–Trinajstić information content (AvgIpc) is 3.03. The van der Waals surface area contributed by atoms with Crippen LogP contribution in [0.25, 0.3) is 0 Å². The molecule has 3 rings (SSSR count). The van der Waals surface area contributed by atoms with Crippen molar-refractivity contribution >= 4 is 33.0 Å². The summed E-state index contributed by atoms with van der Waals surface area (Å²) in [6, 6.07) is 11.2. The summed E-state index contributed by atoms with van der Waals surface area (Å²) in [4.78, 5) is 1.36. The van der Waals surface area contributed by atoms with Crippen molar-refractivity contribution in [3.63, 3.8) is 0 Å². The van der Waals surface area contributed by atoms with E-state index in [1.165, 1.54) is 4.90 Å². The van der Waals surface area contributed by atoms with Crippen LogP contribution in [0.15, 0.2) is 40.6 Å². The number of piperazine rings is 1. The molecule has 0 bridgehead atoms. The van der Waals surface area contributed by atoms with Crippen LogP contribution >= 0.6 is 22.9 Å². The lowest BCUT2D eigenvalue weighted by atomic mass is 10.2. The Morgan fingerprint density at radius 3 is 2.54 bits per heavy atom. The van der Waals surface area contributed by atoms with Gasteiger partial charge in [-0.15, -0.1) is 11.3 Å². The van der Waals surface area contributed by atoms with Gasteiger partial charge in [0.25, 0.3) is 10.0 Å². The normalized spacial score (nSPS) is 17.1. The van der Waals surface area contributed by atoms with E-state index in [0.29, 0.717) is 21.6 Å². The minimum atomic E-state index is -3.42. The smallest absolute Gasteiger partial charge is 0.253 e. The predicted molar refractivity (Wildman–Crippen MR) is 95.5 cm³/mol. The first-order valence-corrected chi connectivity index (χ1v) is 10.3. The van der Waals surface area contributed by atoms with Gasteiger partial charge in [-0.1, -0.05) is 23.7 Å². The molecule has 5 nitrogen and oxygen atoms in total. The predicted octanol–water partition coefficient (Wildman–Crippen LogP) is 1.50. The Bertz CT molecular complexity index is 799. The Hall–Kier alpha value is -1.12. The molecule has 130 valence electrons. The van der Waals surface area contributed by atoms with Gasteiger partial charge < -0.3 is 9.64 Å². The van der Waals surface area contributed by atoms with Crippen LogP contribution in [0.4, 0.5) is 0 Å². The van der Waals surface area contributed by atoms with E-state index in [1.54, 1.807) is 23.5 Å². The van der Waals surface area contributed by atoms with Crippen molar-refractivity contribution in [2.75, 3.05) is 33.3 Å². The van der Waals surface area contributed by atoms with Crippen molar-refractivity contribution < 1.29 is 18.1 Å². The number of halogens is 1. The maximum atomic E-state index is 12.6. The van der Waals surface area contributed by atoms with Crippen molar-refractivity contribution in [1.29, 1.82) is 0 Å². The van der Waals surface area contributed by atoms with E-state index in [1.807, 2.05) is 18.2 Å². The minimum Gasteiger partial charge on any atom is -0.496 e. The fourth-order valence-corrected chi connectivity index (χ4v) is 5.98. The quantitative estimate of drug-likeness (QED) is 0.845. The van der Waals surface area contributed by atoms with E-state index < -0.39 is 10.0 Å². The third-order valence-electron chi connectivity index (χ3n) is 4.21. The number of nitrogens with zero attached hydrogens (tertiary/aromatic N) is 1. The van der Waals surface area contributed by atoms with Crippen LogP contribution in [-0.4, -0.2) is 46.0 Å². The van der Waals surface area contributed by atoms with Crippen LogP contribution < -0.4 is 9.64 Å². The number of hydrogen-bond donors (Lipinski definition) is 1. The summed E-state index contributed by atoms with van der Waals surface area (Å²) in [5.74, 6) is 0.883. The van der Waals surface area contributed by atoms with Crippen LogP contribution in [0.2, 0.25) is 4.34 Å². The molecular formula is C16H20ClN2O3S2+. The van der Waals surface area contributed by atoms with Gasteiger partial charge >= 0.3 is 0 Å². The van der Waals surface area contributed by atoms with Gasteiger partial charge in [0.15, 0.2) is 0 Å². The lowest BCUT2D eigenvalue weighted by molar-refractivity contribution is -0.917. The molecule has 1 fully saturated rings. The van der Waals surface area contributed by atoms with E-state index in [2.05, 4.69) is 6.07 Å². The van der Waals surface area contributed by atoms with Crippen molar-refractivity contribution in [2.45, 2.75) is 10.8 Å². The first-order valence-electron chi connectivity index (χ1n) is 7.71. The van der Waals surface area contributed by atoms with E-state index in [4.69, 9.17) is 16.3 Å². The van der Waals surface area contributed by atoms with Crippen LogP contribution in [-0.2, 0) is 16.6 Å². The molecule has 0 radical (unpaired) electrons. The highest BCUT2D eigenvalue weighted by atomic mass is 35.5. The zero-order valence-electron chi connectivity index (χ0n) is 13.4. The average molecular weight is 388 g/mol. The molecule has 2 aromatic rings. The van der Waals surface area contributed by atoms with Crippen LogP contribution in [0.1, 0.15) is 5.56 Å². The molecule has 2 heterocycles. The maximum absolute atomic E-state index is 12.6. The van der Waals surface area contributed by atoms with Gasteiger partial charge in [0.05, 0.1) is 37.6 Å². The summed E-state index contributed by atoms with van der Waals surface area (Å²) in [7, 11) is -1.75. The van der Waals surface area contributed by atoms with Gasteiger partial charge in [0, 0.05) is 5.56 Å². The van der Waals surface area contributed by atoms with Crippen molar-refractivity contribution in [3.8, 4) is 5.75 Å². The highest BCUT2D eigenvalue weighted by molar-refractivity contribution is 7.91. The summed E-state index contributed by atoms with van der Waals surface area (Å²) in [5.41, 5.74) is 1.15. The third-order valence-corrected chi connectivity index (χ3v) is 7.80. The first kappa shape index (κ1) is 17.7. The Labute approximate surface area is 151 Å². The molecule has 1 aliphatic rings. The number of sulfonamides is 1. The Kier molecular flexibility index (Phi) is 5.46. The number of thiophene rings is 1. The molecule has 0 atom stereocenters. The molecule has 0 unspecified atom stereocenters. The maximum Gasteiger partial charge on any atom is 0.253 e. The summed E-state index contributed by atoms with van der Waals surface area (Å²) < 4.78 is 33.0. The second-order valence-corrected chi connectivity index (χ2v) is 9.58. The fraction of sp³-hybridized carbons (Fsp3) is 0.375. The van der Waals surface area contributed by atoms with Gasteiger partial charge in [0.1, 0.15) is 16.5 Å². The number of rotatable bonds is 5. The zero-order valence-corrected chi connectivity index (χ0v) is 15.8. The molecular weight excluding hydrogens is 368 g/mol. The second-order valence-electron chi connectivity index (χ2n) is 5.70. The molecule has 0 aliphatic carbocycles. The van der Waals surface area contributed by atoms with Gasteiger partial charge in [-0.05, 0) is 24.3 Å². The SMILES string of the molecule is COc1ccccc1C[NH+]1CCN(S(=O)(=O)c2ccc(Cl)s2)CC1. The van der Waals surface area contributed by atoms with Gasteiger partial charge in [-0.2, -0.15) is 4.31 Å². The van der Waals surface area contributed by atoms with Crippen LogP contribution in [0.5, 0.6) is 5.75 Å². The zero-order chi connectivity index (χ0) is 17.2. The standard InChI is InChI=1S/C16H19ClN2O3S2/c1-22-14-5-3-2-4-13(14)12-18-8-10-19(11-9-18)24(20,21)16-7-6-15(17)23-16/h2-7H,8-12H2,1H3/p+1. The molecule has 1 aromatic carbocycles. The number of ether oxygens (including phenoxy) is 1. The lowest BCUT2D eigenvalue weighted by Gasteiger charge is -2.31. The molecule has 24 heavy (non-hydrogen) atoms. The molecule has 0 amide bonds. The van der Waals surface area contributed by atoms with E-state index in [0.717, 1.165) is 42.3 Å². The summed E-state index contributed by atoms with van der Waals surface area (Å²) >= 11 is 6.98. The molecule has 0 saturated carbocycles. The van der Waals surface area contributed by atoms with E-state index in [-0.39, 0.29) is 0 Å². The topological polar surface area (TPSA) is 51.1 Å². The summed E-state index contributed by atoms with van der Waals surface area (Å²) in [6.07, 6.45) is 0. The highest BCUT2D eigenvalue weighted by Crippen LogP contribution is 2.28. The molecule has 1 N–H and O–H groups in total. The summed E-state index contributed by atoms with van der Waals surface area (Å²) in [6.45, 7) is 3.42. The largest absolute Gasteiger partial charge is 0.496 e. The van der Waals surface area contributed by atoms with Crippen LogP contribution in [0, 0.1) is 0 Å². The molecule has 1 saturated heterocycles. The number of methoxy groups -OCH3 is 1. The van der Waals surface area contributed by atoms with Gasteiger partial charge in [0.2, 0.25) is 0 Å². The number of quaternary nitrogens is 1. The number of para-hydroxylation sites is 1. The van der Waals surface area contributed by atoms with E-state index >= 15 is 0 Å². The fourth-order valence-electron chi connectivity index (χ4n) is 2.90. The monoisotopic (exact) mass is 387 g/mol. The minimum absolute atomic E-state index is 0.320. The van der Waals surface area contributed by atoms with Crippen molar-refractivity contribution in [3.05, 3.63) is 46.3 Å². The Balaban J connectivity index is 1.64. The molecule has 8 heteroatoms. The Morgan fingerprint density at radius 1 is 1.21 bits per heavy atom. The second kappa shape index (κ2) is 7.41. The number of nitrogens with one attached hydrogen (secondary N) is 1. The number of benzene rings is 1. The summed E-state index contributed by atoms with van der Waals surface area (Å²) in [5, 5.41) is 0. The number of hydrogen-bond acceptors (Lipinski definition) is 4. The first-order chi connectivity index (χ1) is 11.5.